The summed E-state index contributed by atoms with van der Waals surface area (Å²) in [5, 5.41) is 0. The molecular weight excluding hydrogens is 334 g/mol. The fourth-order valence-corrected chi connectivity index (χ4v) is 6.42. The van der Waals surface area contributed by atoms with Gasteiger partial charge in [-0.15, -0.1) is 0 Å². The minimum absolute atomic E-state index is 0.310. The molecule has 2 N–H and O–H groups in total. The number of nitrogens with zero attached hydrogens (tertiary/aromatic N) is 4. The van der Waals surface area contributed by atoms with Crippen LogP contribution >= 0.6 is 0 Å². The molecule has 2 aliphatic carbocycles. The Morgan fingerprint density at radius 2 is 1.70 bits per heavy atom. The Balaban J connectivity index is 1.42. The highest BCUT2D eigenvalue weighted by atomic mass is 15.2. The molecule has 2 aliphatic heterocycles. The third-order valence-corrected chi connectivity index (χ3v) is 7.68. The summed E-state index contributed by atoms with van der Waals surface area (Å²) in [7, 11) is 0. The van der Waals surface area contributed by atoms with E-state index in [0.717, 1.165) is 25.4 Å². The first-order valence-corrected chi connectivity index (χ1v) is 11.4. The molecule has 1 saturated carbocycles. The Bertz CT molecular complexity index is 676. The monoisotopic (exact) mass is 369 g/mol. The van der Waals surface area contributed by atoms with Gasteiger partial charge >= 0.3 is 0 Å². The van der Waals surface area contributed by atoms with Crippen LogP contribution < -0.4 is 10.6 Å². The highest BCUT2D eigenvalue weighted by Crippen LogP contribution is 2.49. The van der Waals surface area contributed by atoms with E-state index >= 15 is 0 Å². The van der Waals surface area contributed by atoms with Crippen LogP contribution in [0.4, 0.5) is 11.8 Å². The first-order chi connectivity index (χ1) is 13.2. The SMILES string of the molecule is Nc1nc(N2CCCC(CN3CCCC3)C2)c2c(n1)C1(CCCC1)CCC2. The topological polar surface area (TPSA) is 58.3 Å². The smallest absolute Gasteiger partial charge is 0.222 e. The number of fused-ring (bicyclic) bond motifs is 2. The Morgan fingerprint density at radius 1 is 0.926 bits per heavy atom. The van der Waals surface area contributed by atoms with E-state index in [1.54, 1.807) is 0 Å². The van der Waals surface area contributed by atoms with Gasteiger partial charge in [-0.3, -0.25) is 0 Å². The van der Waals surface area contributed by atoms with E-state index in [1.165, 1.54) is 101 Å². The van der Waals surface area contributed by atoms with Gasteiger partial charge in [-0.1, -0.05) is 12.8 Å². The van der Waals surface area contributed by atoms with Crippen LogP contribution in [-0.4, -0.2) is 47.6 Å². The lowest BCUT2D eigenvalue weighted by Crippen LogP contribution is -2.42. The van der Waals surface area contributed by atoms with E-state index < -0.39 is 0 Å². The molecule has 5 rings (SSSR count). The lowest BCUT2D eigenvalue weighted by Gasteiger charge is -2.40. The fraction of sp³-hybridized carbons (Fsp3) is 0.818. The van der Waals surface area contributed by atoms with Gasteiger partial charge < -0.3 is 15.5 Å². The second kappa shape index (κ2) is 7.23. The van der Waals surface area contributed by atoms with Crippen LogP contribution in [0.2, 0.25) is 0 Å². The molecule has 1 aromatic heterocycles. The minimum Gasteiger partial charge on any atom is -0.368 e. The molecule has 3 heterocycles. The summed E-state index contributed by atoms with van der Waals surface area (Å²) in [5.74, 6) is 2.46. The molecule has 0 amide bonds. The van der Waals surface area contributed by atoms with Gasteiger partial charge in [0.05, 0.1) is 5.69 Å². The molecule has 0 radical (unpaired) electrons. The number of anilines is 2. The zero-order chi connectivity index (χ0) is 18.3. The number of nitrogens with two attached hydrogens (primary N) is 1. The highest BCUT2D eigenvalue weighted by Gasteiger charge is 2.42. The predicted molar refractivity (Wildman–Crippen MR) is 110 cm³/mol. The zero-order valence-electron chi connectivity index (χ0n) is 16.8. The minimum atomic E-state index is 0.310. The van der Waals surface area contributed by atoms with Gasteiger partial charge in [-0.2, -0.15) is 4.98 Å². The maximum absolute atomic E-state index is 6.25. The van der Waals surface area contributed by atoms with Gasteiger partial charge in [-0.25, -0.2) is 4.98 Å². The summed E-state index contributed by atoms with van der Waals surface area (Å²) >= 11 is 0. The summed E-state index contributed by atoms with van der Waals surface area (Å²) in [6, 6.07) is 0. The quantitative estimate of drug-likeness (QED) is 0.883. The molecule has 4 aliphatic rings. The van der Waals surface area contributed by atoms with Crippen molar-refractivity contribution in [3.05, 3.63) is 11.3 Å². The van der Waals surface area contributed by atoms with Crippen LogP contribution in [0.25, 0.3) is 0 Å². The largest absolute Gasteiger partial charge is 0.368 e. The molecular formula is C22H35N5. The van der Waals surface area contributed by atoms with Crippen molar-refractivity contribution in [3.63, 3.8) is 0 Å². The fourth-order valence-electron chi connectivity index (χ4n) is 6.42. The molecule has 27 heavy (non-hydrogen) atoms. The van der Waals surface area contributed by atoms with Gasteiger partial charge in [0.15, 0.2) is 0 Å². The number of likely N-dealkylation sites (tertiary alicyclic amines) is 1. The summed E-state index contributed by atoms with van der Waals surface area (Å²) in [6.07, 6.45) is 14.4. The van der Waals surface area contributed by atoms with Crippen molar-refractivity contribution >= 4 is 11.8 Å². The number of rotatable bonds is 3. The van der Waals surface area contributed by atoms with E-state index in [4.69, 9.17) is 15.7 Å². The summed E-state index contributed by atoms with van der Waals surface area (Å²) in [5.41, 5.74) is 9.33. The van der Waals surface area contributed by atoms with Gasteiger partial charge in [0.1, 0.15) is 5.82 Å². The Kier molecular flexibility index (Phi) is 4.75. The van der Waals surface area contributed by atoms with Gasteiger partial charge in [0.2, 0.25) is 5.95 Å². The maximum Gasteiger partial charge on any atom is 0.222 e. The molecule has 5 heteroatoms. The van der Waals surface area contributed by atoms with Crippen LogP contribution in [0.5, 0.6) is 0 Å². The number of aromatic nitrogens is 2. The molecule has 5 nitrogen and oxygen atoms in total. The Labute approximate surface area is 163 Å². The molecule has 0 aromatic carbocycles. The second-order valence-electron chi connectivity index (χ2n) is 9.54. The van der Waals surface area contributed by atoms with E-state index in [-0.39, 0.29) is 0 Å². The standard InChI is InChI=1S/C22H35N5/c23-21-24-19-18(8-5-11-22(19)9-1-2-10-22)20(25-21)27-14-6-7-17(16-27)15-26-12-3-4-13-26/h17H,1-16H2,(H2,23,24,25). The summed E-state index contributed by atoms with van der Waals surface area (Å²) in [4.78, 5) is 14.9. The second-order valence-corrected chi connectivity index (χ2v) is 9.54. The van der Waals surface area contributed by atoms with Crippen LogP contribution in [0.1, 0.15) is 75.5 Å². The van der Waals surface area contributed by atoms with E-state index in [0.29, 0.717) is 11.4 Å². The molecule has 3 fully saturated rings. The molecule has 1 aromatic rings. The van der Waals surface area contributed by atoms with Crippen molar-refractivity contribution in [1.29, 1.82) is 0 Å². The van der Waals surface area contributed by atoms with Crippen molar-refractivity contribution in [2.24, 2.45) is 5.92 Å². The van der Waals surface area contributed by atoms with Crippen LogP contribution in [-0.2, 0) is 11.8 Å². The van der Waals surface area contributed by atoms with Crippen molar-refractivity contribution in [2.75, 3.05) is 43.4 Å². The summed E-state index contributed by atoms with van der Waals surface area (Å²) in [6.45, 7) is 6.14. The number of nitrogen functional groups attached to an aromatic ring is 1. The Hall–Kier alpha value is -1.36. The van der Waals surface area contributed by atoms with E-state index in [2.05, 4.69) is 9.80 Å². The van der Waals surface area contributed by atoms with E-state index in [1.807, 2.05) is 0 Å². The summed E-state index contributed by atoms with van der Waals surface area (Å²) < 4.78 is 0. The molecule has 1 unspecified atom stereocenters. The number of hydrogen-bond acceptors (Lipinski definition) is 5. The molecule has 0 bridgehead atoms. The van der Waals surface area contributed by atoms with Crippen LogP contribution in [0.3, 0.4) is 0 Å². The van der Waals surface area contributed by atoms with Gasteiger partial charge in [-0.05, 0) is 76.8 Å². The van der Waals surface area contributed by atoms with Crippen LogP contribution in [0.15, 0.2) is 0 Å². The molecule has 1 spiro atoms. The maximum atomic E-state index is 6.25. The first-order valence-electron chi connectivity index (χ1n) is 11.4. The van der Waals surface area contributed by atoms with Crippen molar-refractivity contribution < 1.29 is 0 Å². The average molecular weight is 370 g/mol. The predicted octanol–water partition coefficient (Wildman–Crippen LogP) is 3.52. The highest BCUT2D eigenvalue weighted by molar-refractivity contribution is 5.55. The number of piperidine rings is 1. The van der Waals surface area contributed by atoms with Gasteiger partial charge in [0.25, 0.3) is 0 Å². The molecule has 148 valence electrons. The lowest BCUT2D eigenvalue weighted by atomic mass is 9.71. The average Bonchev–Trinajstić information content (AvgIpc) is 3.35. The van der Waals surface area contributed by atoms with Crippen molar-refractivity contribution in [3.8, 4) is 0 Å². The third kappa shape index (κ3) is 3.32. The van der Waals surface area contributed by atoms with Crippen molar-refractivity contribution in [2.45, 2.75) is 76.0 Å². The van der Waals surface area contributed by atoms with E-state index in [9.17, 15) is 0 Å². The normalized spacial score (nSPS) is 28.0. The Morgan fingerprint density at radius 3 is 2.52 bits per heavy atom. The van der Waals surface area contributed by atoms with Crippen LogP contribution in [0, 0.1) is 5.92 Å². The number of hydrogen-bond donors (Lipinski definition) is 1. The van der Waals surface area contributed by atoms with Gasteiger partial charge in [0, 0.05) is 30.6 Å². The third-order valence-electron chi connectivity index (χ3n) is 7.68. The van der Waals surface area contributed by atoms with Crippen molar-refractivity contribution in [1.82, 2.24) is 14.9 Å². The molecule has 1 atom stereocenters. The lowest BCUT2D eigenvalue weighted by molar-refractivity contribution is 0.254. The zero-order valence-corrected chi connectivity index (χ0v) is 16.8. The molecule has 2 saturated heterocycles. The first kappa shape index (κ1) is 17.7.